The second-order valence-electron chi connectivity index (χ2n) is 6.57. The highest BCUT2D eigenvalue weighted by molar-refractivity contribution is 7.92. The van der Waals surface area contributed by atoms with Crippen molar-refractivity contribution in [2.24, 2.45) is 0 Å². The van der Waals surface area contributed by atoms with Gasteiger partial charge in [0.1, 0.15) is 5.82 Å². The number of nitrogens with one attached hydrogen (secondary N) is 2. The molecule has 4 nitrogen and oxygen atoms in total. The Bertz CT molecular complexity index is 829. The smallest absolute Gasteiger partial charge is 0.261 e. The molecule has 134 valence electrons. The van der Waals surface area contributed by atoms with Gasteiger partial charge in [-0.3, -0.25) is 4.72 Å². The van der Waals surface area contributed by atoms with E-state index in [2.05, 4.69) is 10.0 Å². The van der Waals surface area contributed by atoms with E-state index < -0.39 is 15.8 Å². The first-order valence-corrected chi connectivity index (χ1v) is 10.1. The second-order valence-corrected chi connectivity index (χ2v) is 8.26. The molecule has 1 fully saturated rings. The molecule has 6 heteroatoms. The van der Waals surface area contributed by atoms with Gasteiger partial charge in [0.25, 0.3) is 10.0 Å². The van der Waals surface area contributed by atoms with E-state index in [1.165, 1.54) is 50.3 Å². The summed E-state index contributed by atoms with van der Waals surface area (Å²) in [4.78, 5) is 0.0517. The lowest BCUT2D eigenvalue weighted by Gasteiger charge is -2.24. The summed E-state index contributed by atoms with van der Waals surface area (Å²) in [5.41, 5.74) is 1.78. The fourth-order valence-corrected chi connectivity index (χ4v) is 4.26. The molecule has 1 aliphatic rings. The van der Waals surface area contributed by atoms with Gasteiger partial charge in [0.05, 0.1) is 4.90 Å². The van der Waals surface area contributed by atoms with E-state index in [1.54, 1.807) is 19.1 Å². The predicted octanol–water partition coefficient (Wildman–Crippen LogP) is 4.68. The monoisotopic (exact) mass is 362 g/mol. The number of rotatable bonds is 5. The van der Waals surface area contributed by atoms with Crippen LogP contribution in [-0.2, 0) is 10.0 Å². The molecular formula is C19H23FN2O2S. The number of hydrogen-bond acceptors (Lipinski definition) is 3. The number of halogens is 1. The third kappa shape index (κ3) is 4.51. The molecule has 0 atom stereocenters. The fraction of sp³-hybridized carbons (Fsp3) is 0.368. The Labute approximate surface area is 148 Å². The first-order chi connectivity index (χ1) is 11.9. The van der Waals surface area contributed by atoms with E-state index >= 15 is 0 Å². The van der Waals surface area contributed by atoms with E-state index in [-0.39, 0.29) is 4.90 Å². The predicted molar refractivity (Wildman–Crippen MR) is 98.9 cm³/mol. The van der Waals surface area contributed by atoms with Gasteiger partial charge in [0.15, 0.2) is 0 Å². The molecule has 1 saturated carbocycles. The standard InChI is InChI=1S/C19H23FN2O2S/c1-14-13-18(11-12-19(14)20)25(23,24)22-17-9-7-16(8-10-17)21-15-5-3-2-4-6-15/h7-13,15,21-22H,2-6H2,1H3. The summed E-state index contributed by atoms with van der Waals surface area (Å²) in [6.07, 6.45) is 6.18. The summed E-state index contributed by atoms with van der Waals surface area (Å²) in [7, 11) is -3.73. The van der Waals surface area contributed by atoms with Gasteiger partial charge in [-0.05, 0) is 67.8 Å². The third-order valence-corrected chi connectivity index (χ3v) is 5.93. The van der Waals surface area contributed by atoms with Gasteiger partial charge in [-0.25, -0.2) is 12.8 Å². The lowest BCUT2D eigenvalue weighted by atomic mass is 9.95. The van der Waals surface area contributed by atoms with Crippen LogP contribution in [0.3, 0.4) is 0 Å². The van der Waals surface area contributed by atoms with Gasteiger partial charge < -0.3 is 5.32 Å². The number of benzene rings is 2. The number of aryl methyl sites for hydroxylation is 1. The summed E-state index contributed by atoms with van der Waals surface area (Å²) < 4.78 is 40.7. The molecule has 2 aromatic carbocycles. The van der Waals surface area contributed by atoms with Crippen LogP contribution in [0.25, 0.3) is 0 Å². The number of sulfonamides is 1. The first-order valence-electron chi connectivity index (χ1n) is 8.60. The summed E-state index contributed by atoms with van der Waals surface area (Å²) in [6.45, 7) is 1.54. The molecule has 0 aromatic heterocycles. The zero-order valence-corrected chi connectivity index (χ0v) is 15.1. The van der Waals surface area contributed by atoms with Crippen molar-refractivity contribution in [1.29, 1.82) is 0 Å². The second kappa shape index (κ2) is 7.44. The van der Waals surface area contributed by atoms with Crippen LogP contribution in [-0.4, -0.2) is 14.5 Å². The van der Waals surface area contributed by atoms with Gasteiger partial charge >= 0.3 is 0 Å². The van der Waals surface area contributed by atoms with Crippen molar-refractivity contribution in [3.63, 3.8) is 0 Å². The molecule has 0 bridgehead atoms. The molecule has 2 N–H and O–H groups in total. The van der Waals surface area contributed by atoms with E-state index in [0.29, 0.717) is 17.3 Å². The van der Waals surface area contributed by atoms with Crippen molar-refractivity contribution in [3.05, 3.63) is 53.8 Å². The maximum absolute atomic E-state index is 13.3. The Morgan fingerprint density at radius 2 is 1.60 bits per heavy atom. The summed E-state index contributed by atoms with van der Waals surface area (Å²) in [5.74, 6) is -0.419. The summed E-state index contributed by atoms with van der Waals surface area (Å²) in [5, 5.41) is 3.50. The normalized spacial score (nSPS) is 15.8. The van der Waals surface area contributed by atoms with E-state index in [4.69, 9.17) is 0 Å². The van der Waals surface area contributed by atoms with Gasteiger partial charge in [-0.1, -0.05) is 19.3 Å². The first kappa shape index (κ1) is 17.7. The maximum Gasteiger partial charge on any atom is 0.261 e. The van der Waals surface area contributed by atoms with Crippen molar-refractivity contribution in [2.45, 2.75) is 50.0 Å². The molecule has 0 amide bonds. The third-order valence-electron chi connectivity index (χ3n) is 4.55. The number of anilines is 2. The molecule has 1 aliphatic carbocycles. The lowest BCUT2D eigenvalue weighted by molar-refractivity contribution is 0.463. The molecule has 0 spiro atoms. The highest BCUT2D eigenvalue weighted by Crippen LogP contribution is 2.24. The van der Waals surface area contributed by atoms with Gasteiger partial charge in [0.2, 0.25) is 0 Å². The highest BCUT2D eigenvalue weighted by atomic mass is 32.2. The molecule has 25 heavy (non-hydrogen) atoms. The van der Waals surface area contributed by atoms with Gasteiger partial charge in [-0.15, -0.1) is 0 Å². The van der Waals surface area contributed by atoms with E-state index in [1.807, 2.05) is 12.1 Å². The van der Waals surface area contributed by atoms with E-state index in [0.717, 1.165) is 5.69 Å². The molecule has 2 aromatic rings. The zero-order valence-electron chi connectivity index (χ0n) is 14.3. The van der Waals surface area contributed by atoms with E-state index in [9.17, 15) is 12.8 Å². The van der Waals surface area contributed by atoms with Crippen LogP contribution in [0.1, 0.15) is 37.7 Å². The zero-order chi connectivity index (χ0) is 17.9. The van der Waals surface area contributed by atoms with Gasteiger partial charge in [-0.2, -0.15) is 0 Å². The van der Waals surface area contributed by atoms with Crippen molar-refractivity contribution in [2.75, 3.05) is 10.0 Å². The highest BCUT2D eigenvalue weighted by Gasteiger charge is 2.16. The average molecular weight is 362 g/mol. The SMILES string of the molecule is Cc1cc(S(=O)(=O)Nc2ccc(NC3CCCCC3)cc2)ccc1F. The minimum Gasteiger partial charge on any atom is -0.382 e. The maximum atomic E-state index is 13.3. The van der Waals surface area contributed by atoms with Crippen LogP contribution >= 0.6 is 0 Å². The Balaban J connectivity index is 1.68. The van der Waals surface area contributed by atoms with Crippen LogP contribution in [0, 0.1) is 12.7 Å². The Hall–Kier alpha value is -2.08. The Morgan fingerprint density at radius 1 is 0.960 bits per heavy atom. The average Bonchev–Trinajstić information content (AvgIpc) is 2.60. The molecule has 0 unspecified atom stereocenters. The van der Waals surface area contributed by atoms with Crippen molar-refractivity contribution >= 4 is 21.4 Å². The van der Waals surface area contributed by atoms with Crippen LogP contribution in [0.4, 0.5) is 15.8 Å². The quantitative estimate of drug-likeness (QED) is 0.812. The topological polar surface area (TPSA) is 58.2 Å². The minimum atomic E-state index is -3.73. The van der Waals surface area contributed by atoms with Crippen molar-refractivity contribution < 1.29 is 12.8 Å². The molecule has 0 aliphatic heterocycles. The minimum absolute atomic E-state index is 0.0517. The van der Waals surface area contributed by atoms with Crippen molar-refractivity contribution in [3.8, 4) is 0 Å². The molecule has 3 rings (SSSR count). The molecular weight excluding hydrogens is 339 g/mol. The van der Waals surface area contributed by atoms with Crippen LogP contribution in [0.2, 0.25) is 0 Å². The fourth-order valence-electron chi connectivity index (χ4n) is 3.12. The molecule has 0 heterocycles. The van der Waals surface area contributed by atoms with Gasteiger partial charge in [0, 0.05) is 17.4 Å². The van der Waals surface area contributed by atoms with Crippen molar-refractivity contribution in [1.82, 2.24) is 0 Å². The largest absolute Gasteiger partial charge is 0.382 e. The lowest BCUT2D eigenvalue weighted by Crippen LogP contribution is -2.22. The number of hydrogen-bond donors (Lipinski definition) is 2. The molecule has 0 radical (unpaired) electrons. The summed E-state index contributed by atoms with van der Waals surface area (Å²) >= 11 is 0. The van der Waals surface area contributed by atoms with Crippen LogP contribution in [0.5, 0.6) is 0 Å². The molecule has 0 saturated heterocycles. The Kier molecular flexibility index (Phi) is 5.27. The van der Waals surface area contributed by atoms with Crippen LogP contribution in [0.15, 0.2) is 47.4 Å². The summed E-state index contributed by atoms with van der Waals surface area (Å²) in [6, 6.07) is 11.5. The van der Waals surface area contributed by atoms with Crippen LogP contribution < -0.4 is 10.0 Å². The Morgan fingerprint density at radius 3 is 2.24 bits per heavy atom.